The van der Waals surface area contributed by atoms with Gasteiger partial charge in [0.2, 0.25) is 5.69 Å². The van der Waals surface area contributed by atoms with Crippen molar-refractivity contribution in [1.29, 1.82) is 0 Å². The number of rotatable bonds is 1. The fourth-order valence-electron chi connectivity index (χ4n) is 3.47. The highest BCUT2D eigenvalue weighted by Gasteiger charge is 2.21. The van der Waals surface area contributed by atoms with Crippen LogP contribution in [0, 0.1) is 20.4 Å². The molecule has 2 aromatic heterocycles. The largest absolute Gasteiger partial charge is 0.456 e. The van der Waals surface area contributed by atoms with Crippen LogP contribution in [-0.2, 0) is 7.05 Å². The number of benzene rings is 2. The molecule has 4 rings (SSSR count). The molecule has 3 nitrogen and oxygen atoms in total. The zero-order valence-electron chi connectivity index (χ0n) is 13.9. The standard InChI is InChI=1S/C21H17N2O/c1-13-11-14(2)20(17-7-5-6-10-23(17)4)21-19(13)16-9-8-15(22-3)12-18(16)24-21/h5-12H,1-2,4H3/q+1. The number of furan rings is 1. The molecule has 0 atom stereocenters. The lowest BCUT2D eigenvalue weighted by molar-refractivity contribution is -0.660. The van der Waals surface area contributed by atoms with Crippen molar-refractivity contribution in [3.63, 3.8) is 0 Å². The van der Waals surface area contributed by atoms with E-state index in [1.165, 1.54) is 11.1 Å². The molecule has 0 amide bonds. The zero-order valence-corrected chi connectivity index (χ0v) is 13.9. The minimum absolute atomic E-state index is 0.600. The first kappa shape index (κ1) is 14.5. The number of hydrogen-bond donors (Lipinski definition) is 0. The molecule has 116 valence electrons. The second-order valence-corrected chi connectivity index (χ2v) is 6.18. The van der Waals surface area contributed by atoms with E-state index in [9.17, 15) is 0 Å². The SMILES string of the molecule is [C-]#[N+]c1ccc2c(c1)oc1c(-c3cccc[n+]3C)c(C)cc(C)c12. The molecule has 0 N–H and O–H groups in total. The maximum atomic E-state index is 7.21. The summed E-state index contributed by atoms with van der Waals surface area (Å²) in [7, 11) is 2.04. The first-order valence-corrected chi connectivity index (χ1v) is 7.89. The fourth-order valence-corrected chi connectivity index (χ4v) is 3.47. The van der Waals surface area contributed by atoms with Crippen LogP contribution >= 0.6 is 0 Å². The van der Waals surface area contributed by atoms with Gasteiger partial charge in [-0.05, 0) is 37.1 Å². The van der Waals surface area contributed by atoms with Gasteiger partial charge in [-0.25, -0.2) is 9.41 Å². The van der Waals surface area contributed by atoms with E-state index in [0.29, 0.717) is 5.69 Å². The van der Waals surface area contributed by atoms with E-state index in [-0.39, 0.29) is 0 Å². The highest BCUT2D eigenvalue weighted by atomic mass is 16.3. The Kier molecular flexibility index (Phi) is 3.14. The maximum Gasteiger partial charge on any atom is 0.216 e. The highest BCUT2D eigenvalue weighted by Crippen LogP contribution is 2.39. The normalized spacial score (nSPS) is 11.1. The smallest absolute Gasteiger partial charge is 0.216 e. The number of pyridine rings is 1. The summed E-state index contributed by atoms with van der Waals surface area (Å²) < 4.78 is 8.35. The molecule has 3 heteroatoms. The molecule has 24 heavy (non-hydrogen) atoms. The predicted octanol–water partition coefficient (Wildman–Crippen LogP) is 5.25. The van der Waals surface area contributed by atoms with Crippen LogP contribution in [0.4, 0.5) is 5.69 Å². The summed E-state index contributed by atoms with van der Waals surface area (Å²) in [6, 6.07) is 14.0. The van der Waals surface area contributed by atoms with Crippen LogP contribution in [0.1, 0.15) is 11.1 Å². The minimum atomic E-state index is 0.600. The van der Waals surface area contributed by atoms with Gasteiger partial charge in [0, 0.05) is 22.9 Å². The van der Waals surface area contributed by atoms with Crippen molar-refractivity contribution in [1.82, 2.24) is 0 Å². The molecule has 0 unspecified atom stereocenters. The van der Waals surface area contributed by atoms with E-state index in [4.69, 9.17) is 11.0 Å². The van der Waals surface area contributed by atoms with Gasteiger partial charge in [-0.2, -0.15) is 0 Å². The molecule has 2 aromatic carbocycles. The Labute approximate surface area is 140 Å². The molecule has 0 aliphatic heterocycles. The number of aryl methyl sites for hydroxylation is 3. The van der Waals surface area contributed by atoms with E-state index in [1.807, 2.05) is 43.6 Å². The molecule has 0 saturated carbocycles. The van der Waals surface area contributed by atoms with Crippen molar-refractivity contribution >= 4 is 27.6 Å². The number of nitrogens with zero attached hydrogens (tertiary/aromatic N) is 2. The molecule has 0 fully saturated rings. The van der Waals surface area contributed by atoms with Gasteiger partial charge in [-0.1, -0.05) is 18.2 Å². The number of aromatic nitrogens is 1. The molecule has 4 aromatic rings. The van der Waals surface area contributed by atoms with Gasteiger partial charge >= 0.3 is 0 Å². The lowest BCUT2D eigenvalue weighted by Gasteiger charge is -2.07. The summed E-state index contributed by atoms with van der Waals surface area (Å²) in [4.78, 5) is 3.51. The third-order valence-corrected chi connectivity index (χ3v) is 4.56. The van der Waals surface area contributed by atoms with Gasteiger partial charge < -0.3 is 4.42 Å². The van der Waals surface area contributed by atoms with Gasteiger partial charge in [0.15, 0.2) is 11.9 Å². The second kappa shape index (κ2) is 5.21. The maximum absolute atomic E-state index is 7.21. The zero-order chi connectivity index (χ0) is 16.8. The van der Waals surface area contributed by atoms with Crippen LogP contribution in [-0.4, -0.2) is 0 Å². The topological polar surface area (TPSA) is 21.4 Å². The van der Waals surface area contributed by atoms with Gasteiger partial charge in [-0.15, -0.1) is 0 Å². The molecule has 2 heterocycles. The Hall–Kier alpha value is -3.12. The van der Waals surface area contributed by atoms with Crippen molar-refractivity contribution in [3.8, 4) is 11.3 Å². The van der Waals surface area contributed by atoms with Crippen LogP contribution in [0.25, 0.3) is 38.0 Å². The third kappa shape index (κ3) is 2.00. The predicted molar refractivity (Wildman–Crippen MR) is 96.1 cm³/mol. The van der Waals surface area contributed by atoms with Crippen LogP contribution in [0.3, 0.4) is 0 Å². The Morgan fingerprint density at radius 1 is 1.04 bits per heavy atom. The van der Waals surface area contributed by atoms with Crippen molar-refractivity contribution in [2.45, 2.75) is 13.8 Å². The minimum Gasteiger partial charge on any atom is -0.456 e. The quantitative estimate of drug-likeness (QED) is 0.347. The molecular formula is C21H17N2O+. The summed E-state index contributed by atoms with van der Waals surface area (Å²) >= 11 is 0. The van der Waals surface area contributed by atoms with Crippen LogP contribution < -0.4 is 4.57 Å². The summed E-state index contributed by atoms with van der Waals surface area (Å²) in [5.74, 6) is 0. The first-order valence-electron chi connectivity index (χ1n) is 7.89. The second-order valence-electron chi connectivity index (χ2n) is 6.18. The average Bonchev–Trinajstić information content (AvgIpc) is 2.94. The van der Waals surface area contributed by atoms with Crippen molar-refractivity contribution in [3.05, 3.63) is 71.2 Å². The van der Waals surface area contributed by atoms with Gasteiger partial charge in [0.05, 0.1) is 12.1 Å². The van der Waals surface area contributed by atoms with E-state index < -0.39 is 0 Å². The van der Waals surface area contributed by atoms with Gasteiger partial charge in [0.25, 0.3) is 0 Å². The first-order chi connectivity index (χ1) is 11.6. The molecule has 0 aliphatic rings. The van der Waals surface area contributed by atoms with Crippen LogP contribution in [0.15, 0.2) is 53.1 Å². The van der Waals surface area contributed by atoms with E-state index in [1.54, 1.807) is 0 Å². The van der Waals surface area contributed by atoms with Crippen molar-refractivity contribution in [2.75, 3.05) is 0 Å². The Morgan fingerprint density at radius 2 is 1.88 bits per heavy atom. The Bertz CT molecular complexity index is 1150. The molecule has 0 spiro atoms. The summed E-state index contributed by atoms with van der Waals surface area (Å²) in [5, 5.41) is 2.20. The van der Waals surface area contributed by atoms with Crippen molar-refractivity contribution < 1.29 is 8.98 Å². The van der Waals surface area contributed by atoms with E-state index in [2.05, 4.69) is 35.4 Å². The molecule has 0 saturated heterocycles. The van der Waals surface area contributed by atoms with Crippen LogP contribution in [0.2, 0.25) is 0 Å². The fraction of sp³-hybridized carbons (Fsp3) is 0.143. The molecule has 0 bridgehead atoms. The lowest BCUT2D eigenvalue weighted by Crippen LogP contribution is -2.30. The molecule has 0 aliphatic carbocycles. The lowest BCUT2D eigenvalue weighted by atomic mass is 9.97. The third-order valence-electron chi connectivity index (χ3n) is 4.56. The summed E-state index contributed by atoms with van der Waals surface area (Å²) in [6.07, 6.45) is 2.04. The van der Waals surface area contributed by atoms with Gasteiger partial charge in [-0.3, -0.25) is 0 Å². The number of hydrogen-bond acceptors (Lipinski definition) is 1. The van der Waals surface area contributed by atoms with E-state index in [0.717, 1.165) is 33.2 Å². The van der Waals surface area contributed by atoms with Gasteiger partial charge in [0.1, 0.15) is 18.2 Å². The number of fused-ring (bicyclic) bond motifs is 3. The van der Waals surface area contributed by atoms with Crippen molar-refractivity contribution in [2.24, 2.45) is 7.05 Å². The molecule has 0 radical (unpaired) electrons. The highest BCUT2D eigenvalue weighted by molar-refractivity contribution is 6.12. The monoisotopic (exact) mass is 313 g/mol. The average molecular weight is 313 g/mol. The molecular weight excluding hydrogens is 296 g/mol. The Morgan fingerprint density at radius 3 is 2.62 bits per heavy atom. The Balaban J connectivity index is 2.19. The summed E-state index contributed by atoms with van der Waals surface area (Å²) in [5.41, 5.74) is 6.87. The van der Waals surface area contributed by atoms with E-state index >= 15 is 0 Å². The van der Waals surface area contributed by atoms with Crippen LogP contribution in [0.5, 0.6) is 0 Å². The summed E-state index contributed by atoms with van der Waals surface area (Å²) in [6.45, 7) is 11.4.